The van der Waals surface area contributed by atoms with Crippen LogP contribution in [-0.2, 0) is 0 Å². The average molecular weight is 272 g/mol. The van der Waals surface area contributed by atoms with E-state index in [-0.39, 0.29) is 0 Å². The molecular formula is C13H10ClN5. The molecule has 0 radical (unpaired) electrons. The third kappa shape index (κ3) is 2.71. The van der Waals surface area contributed by atoms with Crippen LogP contribution in [0.25, 0.3) is 11.4 Å². The standard InChI is InChI=1S/C13H10ClN5/c14-9-1-3-10(4-2-9)17-13-8-15-7-12(18-13)11-5-6-16-19-11/h1-8H,(H,16,19)(H,17,18). The molecule has 2 N–H and O–H groups in total. The Hall–Kier alpha value is -2.40. The Morgan fingerprint density at radius 2 is 1.84 bits per heavy atom. The van der Waals surface area contributed by atoms with Gasteiger partial charge in [-0.2, -0.15) is 5.10 Å². The van der Waals surface area contributed by atoms with Crippen molar-refractivity contribution in [3.05, 3.63) is 53.9 Å². The second-order valence-corrected chi connectivity index (χ2v) is 4.32. The molecule has 5 nitrogen and oxygen atoms in total. The van der Waals surface area contributed by atoms with Gasteiger partial charge in [0, 0.05) is 16.9 Å². The van der Waals surface area contributed by atoms with Gasteiger partial charge in [0.25, 0.3) is 0 Å². The van der Waals surface area contributed by atoms with E-state index >= 15 is 0 Å². The highest BCUT2D eigenvalue weighted by molar-refractivity contribution is 6.30. The summed E-state index contributed by atoms with van der Waals surface area (Å²) in [5, 5.41) is 10.7. The molecule has 2 heterocycles. The number of halogens is 1. The molecule has 0 saturated carbocycles. The first-order valence-corrected chi connectivity index (χ1v) is 6.04. The van der Waals surface area contributed by atoms with Gasteiger partial charge < -0.3 is 5.32 Å². The van der Waals surface area contributed by atoms with E-state index in [2.05, 4.69) is 25.5 Å². The molecule has 0 atom stereocenters. The number of rotatable bonds is 3. The maximum Gasteiger partial charge on any atom is 0.149 e. The van der Waals surface area contributed by atoms with Gasteiger partial charge in [0.1, 0.15) is 17.2 Å². The van der Waals surface area contributed by atoms with Gasteiger partial charge in [-0.1, -0.05) is 11.6 Å². The highest BCUT2D eigenvalue weighted by Crippen LogP contribution is 2.19. The number of benzene rings is 1. The van der Waals surface area contributed by atoms with Crippen LogP contribution in [0.2, 0.25) is 5.02 Å². The molecule has 94 valence electrons. The normalized spacial score (nSPS) is 10.4. The second-order valence-electron chi connectivity index (χ2n) is 3.88. The molecule has 0 unspecified atom stereocenters. The number of aromatic nitrogens is 4. The average Bonchev–Trinajstić information content (AvgIpc) is 2.96. The fourth-order valence-electron chi connectivity index (χ4n) is 1.63. The molecule has 0 fully saturated rings. The lowest BCUT2D eigenvalue weighted by Gasteiger charge is -2.06. The third-order valence-corrected chi connectivity index (χ3v) is 2.77. The highest BCUT2D eigenvalue weighted by Gasteiger charge is 2.04. The first kappa shape index (κ1) is 11.7. The second kappa shape index (κ2) is 5.07. The molecule has 19 heavy (non-hydrogen) atoms. The Morgan fingerprint density at radius 3 is 2.58 bits per heavy atom. The number of nitrogens with one attached hydrogen (secondary N) is 2. The number of hydrogen-bond acceptors (Lipinski definition) is 4. The molecule has 2 aromatic heterocycles. The largest absolute Gasteiger partial charge is 0.339 e. The number of aromatic amines is 1. The summed E-state index contributed by atoms with van der Waals surface area (Å²) in [5.41, 5.74) is 2.37. The third-order valence-electron chi connectivity index (χ3n) is 2.51. The van der Waals surface area contributed by atoms with Gasteiger partial charge in [-0.05, 0) is 30.3 Å². The molecule has 1 aromatic carbocycles. The minimum absolute atomic E-state index is 0.655. The minimum Gasteiger partial charge on any atom is -0.339 e. The van der Waals surface area contributed by atoms with Gasteiger partial charge in [0.15, 0.2) is 0 Å². The lowest BCUT2D eigenvalue weighted by atomic mass is 10.3. The van der Waals surface area contributed by atoms with Crippen molar-refractivity contribution in [3.63, 3.8) is 0 Å². The van der Waals surface area contributed by atoms with Gasteiger partial charge in [-0.15, -0.1) is 0 Å². The lowest BCUT2D eigenvalue weighted by molar-refractivity contribution is 1.08. The molecule has 0 aliphatic carbocycles. The van der Waals surface area contributed by atoms with E-state index in [0.29, 0.717) is 16.5 Å². The molecule has 6 heteroatoms. The Kier molecular flexibility index (Phi) is 3.12. The van der Waals surface area contributed by atoms with Crippen molar-refractivity contribution in [3.8, 4) is 11.4 Å². The maximum absolute atomic E-state index is 5.84. The van der Waals surface area contributed by atoms with Gasteiger partial charge in [0.05, 0.1) is 12.4 Å². The zero-order valence-electron chi connectivity index (χ0n) is 9.84. The van der Waals surface area contributed by atoms with Crippen LogP contribution in [0.3, 0.4) is 0 Å². The quantitative estimate of drug-likeness (QED) is 0.767. The molecule has 0 amide bonds. The first-order chi connectivity index (χ1) is 9.31. The number of anilines is 2. The van der Waals surface area contributed by atoms with E-state index in [1.165, 1.54) is 0 Å². The summed E-state index contributed by atoms with van der Waals surface area (Å²) < 4.78 is 0. The molecule has 0 spiro atoms. The van der Waals surface area contributed by atoms with E-state index in [1.54, 1.807) is 18.6 Å². The van der Waals surface area contributed by atoms with Crippen molar-refractivity contribution in [2.45, 2.75) is 0 Å². The topological polar surface area (TPSA) is 66.5 Å². The summed E-state index contributed by atoms with van der Waals surface area (Å²) in [7, 11) is 0. The Morgan fingerprint density at radius 1 is 1.00 bits per heavy atom. The molecular weight excluding hydrogens is 262 g/mol. The fraction of sp³-hybridized carbons (Fsp3) is 0. The van der Waals surface area contributed by atoms with Crippen molar-refractivity contribution in [1.82, 2.24) is 20.2 Å². The van der Waals surface area contributed by atoms with Crippen LogP contribution in [0.4, 0.5) is 11.5 Å². The maximum atomic E-state index is 5.84. The van der Waals surface area contributed by atoms with Crippen molar-refractivity contribution in [1.29, 1.82) is 0 Å². The Balaban J connectivity index is 1.85. The van der Waals surface area contributed by atoms with Crippen molar-refractivity contribution in [2.75, 3.05) is 5.32 Å². The van der Waals surface area contributed by atoms with Crippen LogP contribution < -0.4 is 5.32 Å². The van der Waals surface area contributed by atoms with Crippen LogP contribution in [0.15, 0.2) is 48.9 Å². The monoisotopic (exact) mass is 271 g/mol. The SMILES string of the molecule is Clc1ccc(Nc2cncc(-c3cc[nH]n3)n2)cc1. The van der Waals surface area contributed by atoms with Crippen LogP contribution in [0.5, 0.6) is 0 Å². The molecule has 0 aliphatic heterocycles. The van der Waals surface area contributed by atoms with E-state index in [1.807, 2.05) is 30.3 Å². The predicted molar refractivity (Wildman–Crippen MR) is 74.3 cm³/mol. The summed E-state index contributed by atoms with van der Waals surface area (Å²) in [4.78, 5) is 8.59. The predicted octanol–water partition coefficient (Wildman–Crippen LogP) is 3.26. The summed E-state index contributed by atoms with van der Waals surface area (Å²) in [5.74, 6) is 0.655. The summed E-state index contributed by atoms with van der Waals surface area (Å²) >= 11 is 5.84. The highest BCUT2D eigenvalue weighted by atomic mass is 35.5. The Bertz CT molecular complexity index is 664. The summed E-state index contributed by atoms with van der Waals surface area (Å²) in [6.07, 6.45) is 5.07. The number of nitrogens with zero attached hydrogens (tertiary/aromatic N) is 3. The van der Waals surface area contributed by atoms with Crippen molar-refractivity contribution >= 4 is 23.1 Å². The van der Waals surface area contributed by atoms with E-state index < -0.39 is 0 Å². The fourth-order valence-corrected chi connectivity index (χ4v) is 1.76. The first-order valence-electron chi connectivity index (χ1n) is 5.66. The smallest absolute Gasteiger partial charge is 0.149 e. The van der Waals surface area contributed by atoms with Crippen molar-refractivity contribution < 1.29 is 0 Å². The van der Waals surface area contributed by atoms with E-state index in [9.17, 15) is 0 Å². The molecule has 0 saturated heterocycles. The van der Waals surface area contributed by atoms with Crippen LogP contribution >= 0.6 is 11.6 Å². The van der Waals surface area contributed by atoms with Crippen LogP contribution in [0, 0.1) is 0 Å². The molecule has 3 rings (SSSR count). The minimum atomic E-state index is 0.655. The van der Waals surface area contributed by atoms with Crippen LogP contribution in [-0.4, -0.2) is 20.2 Å². The number of hydrogen-bond donors (Lipinski definition) is 2. The zero-order chi connectivity index (χ0) is 13.1. The van der Waals surface area contributed by atoms with Gasteiger partial charge in [0.2, 0.25) is 0 Å². The van der Waals surface area contributed by atoms with Crippen LogP contribution in [0.1, 0.15) is 0 Å². The molecule has 3 aromatic rings. The van der Waals surface area contributed by atoms with Gasteiger partial charge >= 0.3 is 0 Å². The summed E-state index contributed by atoms with van der Waals surface area (Å²) in [6, 6.07) is 9.23. The zero-order valence-corrected chi connectivity index (χ0v) is 10.6. The Labute approximate surface area is 114 Å². The lowest BCUT2D eigenvalue weighted by Crippen LogP contribution is -1.96. The molecule has 0 aliphatic rings. The van der Waals surface area contributed by atoms with Gasteiger partial charge in [-0.3, -0.25) is 10.1 Å². The number of H-pyrrole nitrogens is 1. The summed E-state index contributed by atoms with van der Waals surface area (Å²) in [6.45, 7) is 0. The van der Waals surface area contributed by atoms with Crippen molar-refractivity contribution in [2.24, 2.45) is 0 Å². The van der Waals surface area contributed by atoms with E-state index in [0.717, 1.165) is 11.4 Å². The molecule has 0 bridgehead atoms. The van der Waals surface area contributed by atoms with E-state index in [4.69, 9.17) is 11.6 Å². The van der Waals surface area contributed by atoms with Gasteiger partial charge in [-0.25, -0.2) is 4.98 Å².